The second-order valence-corrected chi connectivity index (χ2v) is 4.92. The van der Waals surface area contributed by atoms with Crippen molar-refractivity contribution in [2.45, 2.75) is 37.6 Å². The van der Waals surface area contributed by atoms with E-state index in [0.29, 0.717) is 16.0 Å². The first-order valence-electron chi connectivity index (χ1n) is 5.25. The Labute approximate surface area is 112 Å². The van der Waals surface area contributed by atoms with Gasteiger partial charge in [0, 0.05) is 18.2 Å². The van der Waals surface area contributed by atoms with Crippen molar-refractivity contribution in [2.75, 3.05) is 0 Å². The van der Waals surface area contributed by atoms with Crippen molar-refractivity contribution in [1.29, 1.82) is 0 Å². The van der Waals surface area contributed by atoms with Crippen LogP contribution in [0.1, 0.15) is 37.3 Å². The van der Waals surface area contributed by atoms with E-state index < -0.39 is 0 Å². The molecule has 5 heteroatoms. The molecule has 2 atom stereocenters. The Morgan fingerprint density at radius 1 is 1.25 bits per heavy atom. The first-order chi connectivity index (χ1) is 7.18. The molecular weight excluding hydrogens is 266 g/mol. The molecule has 2 rings (SSSR count). The van der Waals surface area contributed by atoms with E-state index in [0.717, 1.165) is 18.5 Å². The molecule has 0 radical (unpaired) electrons. The predicted octanol–water partition coefficient (Wildman–Crippen LogP) is 3.80. The van der Waals surface area contributed by atoms with Crippen LogP contribution in [0.3, 0.4) is 0 Å². The van der Waals surface area contributed by atoms with Gasteiger partial charge in [0.25, 0.3) is 0 Å². The quantitative estimate of drug-likeness (QED) is 0.850. The summed E-state index contributed by atoms with van der Waals surface area (Å²) in [6.07, 6.45) is 6.20. The molecule has 1 saturated carbocycles. The molecule has 1 aliphatic rings. The Kier molecular flexibility index (Phi) is 5.32. The fourth-order valence-electron chi connectivity index (χ4n) is 2.20. The van der Waals surface area contributed by atoms with Crippen molar-refractivity contribution in [1.82, 2.24) is 4.98 Å². The van der Waals surface area contributed by atoms with Crippen LogP contribution in [0.4, 0.5) is 0 Å². The van der Waals surface area contributed by atoms with Gasteiger partial charge < -0.3 is 5.73 Å². The van der Waals surface area contributed by atoms with Crippen LogP contribution in [0.15, 0.2) is 12.3 Å². The molecule has 0 aromatic carbocycles. The molecule has 1 aromatic rings. The lowest BCUT2D eigenvalue weighted by Gasteiger charge is -2.28. The van der Waals surface area contributed by atoms with Gasteiger partial charge in [-0.15, -0.1) is 12.4 Å². The van der Waals surface area contributed by atoms with Crippen LogP contribution < -0.4 is 5.73 Å². The molecule has 2 unspecified atom stereocenters. The monoisotopic (exact) mass is 280 g/mol. The Morgan fingerprint density at radius 3 is 2.56 bits per heavy atom. The number of hydrogen-bond donors (Lipinski definition) is 1. The Hall–Kier alpha value is -0.0200. The number of rotatable bonds is 1. The van der Waals surface area contributed by atoms with Gasteiger partial charge in [0.2, 0.25) is 0 Å². The number of aromatic nitrogens is 1. The second kappa shape index (κ2) is 6.06. The molecule has 0 bridgehead atoms. The minimum Gasteiger partial charge on any atom is -0.327 e. The van der Waals surface area contributed by atoms with E-state index in [2.05, 4.69) is 4.98 Å². The predicted molar refractivity (Wildman–Crippen MR) is 70.7 cm³/mol. The third-order valence-electron chi connectivity index (χ3n) is 3.01. The van der Waals surface area contributed by atoms with E-state index in [9.17, 15) is 0 Å². The molecule has 0 aliphatic heterocycles. The van der Waals surface area contributed by atoms with Gasteiger partial charge in [0.1, 0.15) is 0 Å². The first kappa shape index (κ1) is 14.0. The highest BCUT2D eigenvalue weighted by atomic mass is 35.5. The number of nitrogens with zero attached hydrogens (tertiary/aromatic N) is 1. The summed E-state index contributed by atoms with van der Waals surface area (Å²) in [4.78, 5) is 4.31. The fraction of sp³-hybridized carbons (Fsp3) is 0.545. The fourth-order valence-corrected chi connectivity index (χ4v) is 2.72. The summed E-state index contributed by atoms with van der Waals surface area (Å²) < 4.78 is 0. The Balaban J connectivity index is 0.00000128. The largest absolute Gasteiger partial charge is 0.327 e. The summed E-state index contributed by atoms with van der Waals surface area (Å²) in [5.41, 5.74) is 7.00. The van der Waals surface area contributed by atoms with Gasteiger partial charge in [-0.1, -0.05) is 36.0 Å². The standard InChI is InChI=1S/C11H14Cl2N2.ClH/c12-7-5-9(13)11(15-6-7)8-3-1-2-4-10(8)14;/h5-6,8,10H,1-4,14H2;1H. The molecule has 1 heterocycles. The zero-order chi connectivity index (χ0) is 10.8. The summed E-state index contributed by atoms with van der Waals surface area (Å²) in [5, 5.41) is 1.22. The average molecular weight is 282 g/mol. The molecule has 0 amide bonds. The summed E-state index contributed by atoms with van der Waals surface area (Å²) >= 11 is 11.9. The number of hydrogen-bond acceptors (Lipinski definition) is 2. The summed E-state index contributed by atoms with van der Waals surface area (Å²) in [6, 6.07) is 1.93. The molecule has 2 N–H and O–H groups in total. The van der Waals surface area contributed by atoms with E-state index in [1.807, 2.05) is 0 Å². The van der Waals surface area contributed by atoms with Crippen LogP contribution in [-0.2, 0) is 0 Å². The van der Waals surface area contributed by atoms with Crippen molar-refractivity contribution < 1.29 is 0 Å². The van der Waals surface area contributed by atoms with E-state index in [1.54, 1.807) is 12.3 Å². The summed E-state index contributed by atoms with van der Waals surface area (Å²) in [6.45, 7) is 0. The molecule has 1 fully saturated rings. The maximum absolute atomic E-state index is 6.13. The van der Waals surface area contributed by atoms with Gasteiger partial charge in [-0.25, -0.2) is 0 Å². The van der Waals surface area contributed by atoms with Crippen molar-refractivity contribution in [3.8, 4) is 0 Å². The lowest BCUT2D eigenvalue weighted by Crippen LogP contribution is -2.32. The van der Waals surface area contributed by atoms with Crippen LogP contribution in [-0.4, -0.2) is 11.0 Å². The average Bonchev–Trinajstić information content (AvgIpc) is 2.20. The van der Waals surface area contributed by atoms with Gasteiger partial charge >= 0.3 is 0 Å². The van der Waals surface area contributed by atoms with Crippen molar-refractivity contribution in [2.24, 2.45) is 5.73 Å². The molecule has 2 nitrogen and oxygen atoms in total. The van der Waals surface area contributed by atoms with Crippen molar-refractivity contribution in [3.05, 3.63) is 28.0 Å². The van der Waals surface area contributed by atoms with Crippen molar-refractivity contribution >= 4 is 35.6 Å². The highest BCUT2D eigenvalue weighted by molar-refractivity contribution is 6.34. The maximum Gasteiger partial charge on any atom is 0.0639 e. The van der Waals surface area contributed by atoms with Crippen molar-refractivity contribution in [3.63, 3.8) is 0 Å². The van der Waals surface area contributed by atoms with E-state index in [4.69, 9.17) is 28.9 Å². The summed E-state index contributed by atoms with van der Waals surface area (Å²) in [5.74, 6) is 0.295. The van der Waals surface area contributed by atoms with Gasteiger partial charge in [0.05, 0.1) is 15.7 Å². The van der Waals surface area contributed by atoms with Crippen LogP contribution in [0.5, 0.6) is 0 Å². The van der Waals surface area contributed by atoms with Gasteiger partial charge in [-0.3, -0.25) is 4.98 Å². The molecule has 0 spiro atoms. The first-order valence-corrected chi connectivity index (χ1v) is 6.00. The number of pyridine rings is 1. The molecule has 1 aliphatic carbocycles. The molecule has 16 heavy (non-hydrogen) atoms. The minimum atomic E-state index is 0. The van der Waals surface area contributed by atoms with E-state index in [1.165, 1.54) is 12.8 Å². The molecule has 90 valence electrons. The topological polar surface area (TPSA) is 38.9 Å². The normalized spacial score (nSPS) is 24.9. The van der Waals surface area contributed by atoms with Gasteiger partial charge in [-0.2, -0.15) is 0 Å². The van der Waals surface area contributed by atoms with E-state index in [-0.39, 0.29) is 18.4 Å². The summed E-state index contributed by atoms with van der Waals surface area (Å²) in [7, 11) is 0. The molecule has 0 saturated heterocycles. The zero-order valence-corrected chi connectivity index (χ0v) is 11.2. The highest BCUT2D eigenvalue weighted by Crippen LogP contribution is 2.35. The second-order valence-electron chi connectivity index (χ2n) is 4.08. The lowest BCUT2D eigenvalue weighted by molar-refractivity contribution is 0.380. The SMILES string of the molecule is Cl.NC1CCCCC1c1ncc(Cl)cc1Cl. The third-order valence-corrected chi connectivity index (χ3v) is 3.52. The van der Waals surface area contributed by atoms with Gasteiger partial charge in [0.15, 0.2) is 0 Å². The lowest BCUT2D eigenvalue weighted by atomic mass is 9.83. The number of nitrogens with two attached hydrogens (primary N) is 1. The van der Waals surface area contributed by atoms with E-state index >= 15 is 0 Å². The smallest absolute Gasteiger partial charge is 0.0639 e. The van der Waals surface area contributed by atoms with Crippen LogP contribution in [0.25, 0.3) is 0 Å². The number of halogens is 3. The van der Waals surface area contributed by atoms with Crippen LogP contribution >= 0.6 is 35.6 Å². The highest BCUT2D eigenvalue weighted by Gasteiger charge is 2.26. The molecule has 1 aromatic heterocycles. The van der Waals surface area contributed by atoms with Crippen LogP contribution in [0, 0.1) is 0 Å². The maximum atomic E-state index is 6.13. The van der Waals surface area contributed by atoms with Gasteiger partial charge in [-0.05, 0) is 18.9 Å². The zero-order valence-electron chi connectivity index (χ0n) is 8.83. The van der Waals surface area contributed by atoms with Crippen LogP contribution in [0.2, 0.25) is 10.0 Å². The third kappa shape index (κ3) is 3.01. The Morgan fingerprint density at radius 2 is 1.94 bits per heavy atom. The minimum absolute atomic E-state index is 0. The Bertz CT molecular complexity index is 357. The molecular formula is C11H15Cl3N2.